The first kappa shape index (κ1) is 13.1. The lowest BCUT2D eigenvalue weighted by molar-refractivity contribution is 0.0602. The molecule has 100 valence electrons. The Balaban J connectivity index is 2.26. The van der Waals surface area contributed by atoms with Crippen molar-refractivity contribution < 1.29 is 9.53 Å². The van der Waals surface area contributed by atoms with E-state index in [1.807, 2.05) is 0 Å². The molecule has 1 aromatic heterocycles. The van der Waals surface area contributed by atoms with Crippen molar-refractivity contribution in [1.82, 2.24) is 9.27 Å². The number of likely N-dealkylation sites (N-methyl/N-ethyl adjacent to an activating group) is 1. The monoisotopic (exact) mass is 270 g/mol. The molecule has 2 N–H and O–H groups in total. The Morgan fingerprint density at radius 2 is 2.28 bits per heavy atom. The second-order valence-electron chi connectivity index (χ2n) is 4.52. The number of nitrogen functional groups attached to an aromatic ring is 1. The quantitative estimate of drug-likeness (QED) is 0.796. The molecule has 0 amide bonds. The van der Waals surface area contributed by atoms with E-state index in [0.717, 1.165) is 24.6 Å². The van der Waals surface area contributed by atoms with Crippen molar-refractivity contribution in [3.63, 3.8) is 0 Å². The fourth-order valence-electron chi connectivity index (χ4n) is 2.04. The van der Waals surface area contributed by atoms with Gasteiger partial charge < -0.3 is 20.3 Å². The minimum Gasteiger partial charge on any atom is -0.465 e. The Labute approximate surface area is 110 Å². The molecule has 7 heteroatoms. The van der Waals surface area contributed by atoms with Gasteiger partial charge in [-0.15, -0.1) is 0 Å². The third-order valence-corrected chi connectivity index (χ3v) is 4.26. The molecular formula is C11H18N4O2S. The summed E-state index contributed by atoms with van der Waals surface area (Å²) in [5, 5.41) is 0.819. The molecule has 1 aliphatic heterocycles. The maximum Gasteiger partial charge on any atom is 0.344 e. The van der Waals surface area contributed by atoms with Crippen LogP contribution in [0.5, 0.6) is 0 Å². The van der Waals surface area contributed by atoms with E-state index in [1.165, 1.54) is 18.6 Å². The van der Waals surface area contributed by atoms with E-state index in [4.69, 9.17) is 10.5 Å². The summed E-state index contributed by atoms with van der Waals surface area (Å²) in [5.41, 5.74) is 6.15. The van der Waals surface area contributed by atoms with Crippen LogP contribution in [-0.2, 0) is 4.74 Å². The lowest BCUT2D eigenvalue weighted by Gasteiger charge is -2.38. The normalized spacial score (nSPS) is 21.1. The van der Waals surface area contributed by atoms with Crippen molar-refractivity contribution in [1.29, 1.82) is 0 Å². The fraction of sp³-hybridized carbons (Fsp3) is 0.636. The van der Waals surface area contributed by atoms with Gasteiger partial charge in [-0.1, -0.05) is 0 Å². The molecule has 6 nitrogen and oxygen atoms in total. The second kappa shape index (κ2) is 5.11. The number of piperazine rings is 1. The number of nitrogens with two attached hydrogens (primary N) is 1. The minimum atomic E-state index is -0.414. The average Bonchev–Trinajstić information content (AvgIpc) is 2.74. The van der Waals surface area contributed by atoms with E-state index in [-0.39, 0.29) is 5.82 Å². The van der Waals surface area contributed by atoms with Gasteiger partial charge in [0.1, 0.15) is 10.6 Å². The number of carbonyl (C=O) groups is 1. The highest BCUT2D eigenvalue weighted by molar-refractivity contribution is 7.11. The first-order chi connectivity index (χ1) is 8.54. The van der Waals surface area contributed by atoms with Crippen molar-refractivity contribution in [2.45, 2.75) is 13.0 Å². The van der Waals surface area contributed by atoms with Gasteiger partial charge in [0.15, 0.2) is 5.82 Å². The summed E-state index contributed by atoms with van der Waals surface area (Å²) in [4.78, 5) is 16.2. The zero-order valence-corrected chi connectivity index (χ0v) is 11.7. The van der Waals surface area contributed by atoms with Gasteiger partial charge in [0, 0.05) is 25.7 Å². The van der Waals surface area contributed by atoms with Crippen molar-refractivity contribution in [3.05, 3.63) is 5.56 Å². The first-order valence-corrected chi connectivity index (χ1v) is 6.60. The highest BCUT2D eigenvalue weighted by atomic mass is 32.1. The lowest BCUT2D eigenvalue weighted by atomic mass is 10.2. The number of nitrogens with zero attached hydrogens (tertiary/aromatic N) is 3. The number of esters is 1. The molecule has 18 heavy (non-hydrogen) atoms. The standard InChI is InChI=1S/C11H18N4O2S/c1-7-6-15(5-4-14(7)2)10-8(11(16)17-3)9(12)13-18-10/h7H,4-6H2,1-3H3,(H2,12,13). The molecule has 1 fully saturated rings. The molecule has 1 aromatic rings. The summed E-state index contributed by atoms with van der Waals surface area (Å²) in [6.07, 6.45) is 0. The minimum absolute atomic E-state index is 0.258. The van der Waals surface area contributed by atoms with Crippen LogP contribution in [0, 0.1) is 0 Å². The summed E-state index contributed by atoms with van der Waals surface area (Å²) in [7, 11) is 3.46. The Kier molecular flexibility index (Phi) is 3.72. The van der Waals surface area contributed by atoms with Crippen LogP contribution in [0.2, 0.25) is 0 Å². The van der Waals surface area contributed by atoms with E-state index in [1.54, 1.807) is 0 Å². The molecule has 1 atom stereocenters. The molecule has 0 bridgehead atoms. The molecule has 0 spiro atoms. The van der Waals surface area contributed by atoms with Gasteiger partial charge >= 0.3 is 5.97 Å². The van der Waals surface area contributed by atoms with E-state index in [0.29, 0.717) is 11.6 Å². The predicted molar refractivity (Wildman–Crippen MR) is 72.2 cm³/mol. The van der Waals surface area contributed by atoms with E-state index in [2.05, 4.69) is 28.1 Å². The molecule has 0 saturated carbocycles. The number of anilines is 2. The Morgan fingerprint density at radius 1 is 1.56 bits per heavy atom. The molecule has 2 rings (SSSR count). The largest absolute Gasteiger partial charge is 0.465 e. The van der Waals surface area contributed by atoms with Gasteiger partial charge in [-0.25, -0.2) is 4.79 Å². The number of carbonyl (C=O) groups excluding carboxylic acids is 1. The third-order valence-electron chi connectivity index (χ3n) is 3.34. The molecule has 0 radical (unpaired) electrons. The van der Waals surface area contributed by atoms with Crippen LogP contribution in [0.15, 0.2) is 0 Å². The Morgan fingerprint density at radius 3 is 2.89 bits per heavy atom. The molecule has 0 aromatic carbocycles. The number of rotatable bonds is 2. The number of aromatic nitrogens is 1. The predicted octanol–water partition coefficient (Wildman–Crippen LogP) is 0.652. The Bertz CT molecular complexity index is 448. The average molecular weight is 270 g/mol. The summed E-state index contributed by atoms with van der Waals surface area (Å²) in [6, 6.07) is 0.438. The van der Waals surface area contributed by atoms with Crippen LogP contribution < -0.4 is 10.6 Å². The maximum atomic E-state index is 11.7. The van der Waals surface area contributed by atoms with Crippen LogP contribution in [-0.4, -0.2) is 55.1 Å². The van der Waals surface area contributed by atoms with Gasteiger partial charge in [-0.05, 0) is 25.5 Å². The molecule has 0 aliphatic carbocycles. The number of ether oxygens (including phenoxy) is 1. The van der Waals surface area contributed by atoms with Crippen LogP contribution in [0.3, 0.4) is 0 Å². The number of hydrogen-bond acceptors (Lipinski definition) is 7. The summed E-state index contributed by atoms with van der Waals surface area (Å²) >= 11 is 1.26. The van der Waals surface area contributed by atoms with Gasteiger partial charge in [0.05, 0.1) is 7.11 Å². The highest BCUT2D eigenvalue weighted by Crippen LogP contribution is 2.32. The van der Waals surface area contributed by atoms with Gasteiger partial charge in [0.25, 0.3) is 0 Å². The van der Waals surface area contributed by atoms with Crippen molar-refractivity contribution in [2.24, 2.45) is 0 Å². The SMILES string of the molecule is COC(=O)c1c(N)nsc1N1CCN(C)C(C)C1. The molecule has 2 heterocycles. The van der Waals surface area contributed by atoms with E-state index >= 15 is 0 Å². The van der Waals surface area contributed by atoms with E-state index < -0.39 is 5.97 Å². The third kappa shape index (κ3) is 2.28. The van der Waals surface area contributed by atoms with Gasteiger partial charge in [0.2, 0.25) is 0 Å². The maximum absolute atomic E-state index is 11.7. The van der Waals surface area contributed by atoms with Gasteiger partial charge in [-0.3, -0.25) is 0 Å². The topological polar surface area (TPSA) is 71.7 Å². The summed E-state index contributed by atoms with van der Waals surface area (Å²) < 4.78 is 8.83. The summed E-state index contributed by atoms with van der Waals surface area (Å²) in [5.74, 6) is -0.156. The fourth-order valence-corrected chi connectivity index (χ4v) is 2.87. The number of hydrogen-bond donors (Lipinski definition) is 1. The smallest absolute Gasteiger partial charge is 0.344 e. The molecular weight excluding hydrogens is 252 g/mol. The molecule has 1 unspecified atom stereocenters. The van der Waals surface area contributed by atoms with Crippen LogP contribution in [0.1, 0.15) is 17.3 Å². The first-order valence-electron chi connectivity index (χ1n) is 5.83. The van der Waals surface area contributed by atoms with Crippen molar-refractivity contribution in [3.8, 4) is 0 Å². The van der Waals surface area contributed by atoms with Crippen LogP contribution in [0.4, 0.5) is 10.8 Å². The zero-order valence-electron chi connectivity index (χ0n) is 10.8. The molecule has 1 saturated heterocycles. The molecule has 1 aliphatic rings. The van der Waals surface area contributed by atoms with Crippen LogP contribution in [0.25, 0.3) is 0 Å². The zero-order chi connectivity index (χ0) is 13.3. The lowest BCUT2D eigenvalue weighted by Crippen LogP contribution is -2.50. The van der Waals surface area contributed by atoms with Crippen molar-refractivity contribution >= 4 is 28.3 Å². The van der Waals surface area contributed by atoms with Crippen LogP contribution >= 0.6 is 11.5 Å². The second-order valence-corrected chi connectivity index (χ2v) is 5.27. The van der Waals surface area contributed by atoms with Crippen molar-refractivity contribution in [2.75, 3.05) is 44.4 Å². The Hall–Kier alpha value is -1.34. The number of methoxy groups -OCH3 is 1. The highest BCUT2D eigenvalue weighted by Gasteiger charge is 2.28. The van der Waals surface area contributed by atoms with Gasteiger partial charge in [-0.2, -0.15) is 4.37 Å². The van der Waals surface area contributed by atoms with E-state index in [9.17, 15) is 4.79 Å². The summed E-state index contributed by atoms with van der Waals surface area (Å²) in [6.45, 7) is 4.85.